The number of halogens is 1. The summed E-state index contributed by atoms with van der Waals surface area (Å²) in [5, 5.41) is 2.28. The number of hydrogen-bond donors (Lipinski definition) is 1. The van der Waals surface area contributed by atoms with Crippen LogP contribution in [0.3, 0.4) is 0 Å². The molecule has 0 radical (unpaired) electrons. The second-order valence-corrected chi connectivity index (χ2v) is 9.31. The lowest BCUT2D eigenvalue weighted by molar-refractivity contribution is -0.136. The molecule has 3 heterocycles. The number of piperidine rings is 2. The summed E-state index contributed by atoms with van der Waals surface area (Å²) in [5.74, 6) is -1.69. The number of aryl methyl sites for hydroxylation is 1. The standard InChI is InChI=1S/C26H26FN3O4/c1-15-4-2-3-5-18(15)25(33)29-10-8-16(9-11-29)19-12-17-14-30(26(34)20(17)13-21(19)27)22-6-7-23(31)28-24(22)32/h2-5,12-13,16,22H,6-11,14H2,1H3,(H,28,31,32). The first-order valence-electron chi connectivity index (χ1n) is 11.7. The van der Waals surface area contributed by atoms with Crippen molar-refractivity contribution in [3.8, 4) is 0 Å². The van der Waals surface area contributed by atoms with Crippen LogP contribution in [-0.2, 0) is 16.1 Å². The first-order chi connectivity index (χ1) is 16.3. The first kappa shape index (κ1) is 22.3. The quantitative estimate of drug-likeness (QED) is 0.710. The Morgan fingerprint density at radius 3 is 2.50 bits per heavy atom. The molecule has 176 valence electrons. The number of carbonyl (C=O) groups is 4. The van der Waals surface area contributed by atoms with Crippen LogP contribution in [0.5, 0.6) is 0 Å². The highest BCUT2D eigenvalue weighted by atomic mass is 19.1. The molecule has 2 saturated heterocycles. The molecule has 0 bridgehead atoms. The van der Waals surface area contributed by atoms with Crippen molar-refractivity contribution in [2.24, 2.45) is 0 Å². The van der Waals surface area contributed by atoms with Gasteiger partial charge in [-0.15, -0.1) is 0 Å². The summed E-state index contributed by atoms with van der Waals surface area (Å²) in [4.78, 5) is 52.7. The molecule has 0 aromatic heterocycles. The van der Waals surface area contributed by atoms with E-state index in [-0.39, 0.29) is 48.6 Å². The maximum absolute atomic E-state index is 15.1. The normalized spacial score (nSPS) is 21.0. The predicted octanol–water partition coefficient (Wildman–Crippen LogP) is 2.91. The predicted molar refractivity (Wildman–Crippen MR) is 122 cm³/mol. The van der Waals surface area contributed by atoms with E-state index in [4.69, 9.17) is 0 Å². The number of hydrogen-bond acceptors (Lipinski definition) is 4. The molecule has 2 fully saturated rings. The van der Waals surface area contributed by atoms with Crippen molar-refractivity contribution in [1.82, 2.24) is 15.1 Å². The van der Waals surface area contributed by atoms with Gasteiger partial charge in [0, 0.05) is 37.2 Å². The van der Waals surface area contributed by atoms with Gasteiger partial charge in [0.2, 0.25) is 11.8 Å². The van der Waals surface area contributed by atoms with Crippen molar-refractivity contribution < 1.29 is 23.6 Å². The number of imide groups is 1. The number of fused-ring (bicyclic) bond motifs is 1. The van der Waals surface area contributed by atoms with Crippen LogP contribution in [0.1, 0.15) is 69.0 Å². The third-order valence-corrected chi connectivity index (χ3v) is 7.24. The van der Waals surface area contributed by atoms with Gasteiger partial charge in [-0.3, -0.25) is 24.5 Å². The summed E-state index contributed by atoms with van der Waals surface area (Å²) in [7, 11) is 0. The van der Waals surface area contributed by atoms with Gasteiger partial charge in [-0.1, -0.05) is 24.3 Å². The third-order valence-electron chi connectivity index (χ3n) is 7.24. The summed E-state index contributed by atoms with van der Waals surface area (Å²) in [6.45, 7) is 3.21. The fourth-order valence-electron chi connectivity index (χ4n) is 5.30. The highest BCUT2D eigenvalue weighted by Crippen LogP contribution is 2.35. The average molecular weight is 464 g/mol. The minimum atomic E-state index is -0.722. The maximum atomic E-state index is 15.1. The van der Waals surface area contributed by atoms with Crippen LogP contribution in [-0.4, -0.2) is 52.6 Å². The number of carbonyl (C=O) groups excluding carboxylic acids is 4. The summed E-state index contributed by atoms with van der Waals surface area (Å²) in [6.07, 6.45) is 1.72. The number of likely N-dealkylation sites (tertiary alicyclic amines) is 1. The molecule has 2 aromatic carbocycles. The Bertz CT molecular complexity index is 1200. The van der Waals surface area contributed by atoms with Crippen LogP contribution in [0.4, 0.5) is 4.39 Å². The number of benzene rings is 2. The molecule has 0 saturated carbocycles. The smallest absolute Gasteiger partial charge is 0.255 e. The lowest BCUT2D eigenvalue weighted by Crippen LogP contribution is -2.52. The second-order valence-electron chi connectivity index (χ2n) is 9.31. The van der Waals surface area contributed by atoms with Gasteiger partial charge < -0.3 is 9.80 Å². The first-order valence-corrected chi connectivity index (χ1v) is 11.7. The molecule has 1 N–H and O–H groups in total. The van der Waals surface area contributed by atoms with E-state index in [9.17, 15) is 19.2 Å². The van der Waals surface area contributed by atoms with Crippen LogP contribution in [0.2, 0.25) is 0 Å². The van der Waals surface area contributed by atoms with Crippen LogP contribution < -0.4 is 5.32 Å². The summed E-state index contributed by atoms with van der Waals surface area (Å²) >= 11 is 0. The molecule has 3 aliphatic rings. The lowest BCUT2D eigenvalue weighted by atomic mass is 9.87. The van der Waals surface area contributed by atoms with Crippen molar-refractivity contribution in [2.45, 2.75) is 51.1 Å². The van der Waals surface area contributed by atoms with Gasteiger partial charge >= 0.3 is 0 Å². The molecule has 0 spiro atoms. The Hall–Kier alpha value is -3.55. The maximum Gasteiger partial charge on any atom is 0.255 e. The van der Waals surface area contributed by atoms with E-state index in [1.54, 1.807) is 6.07 Å². The Balaban J connectivity index is 1.30. The highest BCUT2D eigenvalue weighted by Gasteiger charge is 2.40. The molecular weight excluding hydrogens is 437 g/mol. The molecular formula is C26H26FN3O4. The van der Waals surface area contributed by atoms with E-state index in [1.807, 2.05) is 36.1 Å². The zero-order chi connectivity index (χ0) is 24.0. The van der Waals surface area contributed by atoms with Crippen LogP contribution in [0.25, 0.3) is 0 Å². The van der Waals surface area contributed by atoms with Gasteiger partial charge in [0.25, 0.3) is 11.8 Å². The van der Waals surface area contributed by atoms with E-state index in [1.165, 1.54) is 11.0 Å². The summed E-state index contributed by atoms with van der Waals surface area (Å²) in [6, 6.07) is 9.81. The monoisotopic (exact) mass is 463 g/mol. The van der Waals surface area contributed by atoms with E-state index >= 15 is 4.39 Å². The van der Waals surface area contributed by atoms with E-state index in [2.05, 4.69) is 5.32 Å². The van der Waals surface area contributed by atoms with Gasteiger partial charge in [0.15, 0.2) is 0 Å². The molecule has 4 amide bonds. The Morgan fingerprint density at radius 1 is 1.06 bits per heavy atom. The van der Waals surface area contributed by atoms with Crippen molar-refractivity contribution in [3.63, 3.8) is 0 Å². The number of nitrogens with one attached hydrogen (secondary N) is 1. The van der Waals surface area contributed by atoms with Crippen LogP contribution in [0.15, 0.2) is 36.4 Å². The van der Waals surface area contributed by atoms with Crippen molar-refractivity contribution in [2.75, 3.05) is 13.1 Å². The van der Waals surface area contributed by atoms with E-state index in [0.29, 0.717) is 42.6 Å². The average Bonchev–Trinajstić information content (AvgIpc) is 3.14. The minimum Gasteiger partial charge on any atom is -0.339 e. The van der Waals surface area contributed by atoms with Gasteiger partial charge in [-0.2, -0.15) is 0 Å². The molecule has 0 aliphatic carbocycles. The van der Waals surface area contributed by atoms with Gasteiger partial charge in [-0.25, -0.2) is 4.39 Å². The number of rotatable bonds is 3. The van der Waals surface area contributed by atoms with Gasteiger partial charge in [-0.05, 0) is 60.9 Å². The molecule has 3 aliphatic heterocycles. The third kappa shape index (κ3) is 3.87. The second kappa shape index (κ2) is 8.66. The zero-order valence-electron chi connectivity index (χ0n) is 19.0. The van der Waals surface area contributed by atoms with E-state index in [0.717, 1.165) is 5.56 Å². The topological polar surface area (TPSA) is 86.8 Å². The summed E-state index contributed by atoms with van der Waals surface area (Å²) in [5.41, 5.74) is 3.16. The SMILES string of the molecule is Cc1ccccc1C(=O)N1CCC(c2cc3c(cc2F)C(=O)N(C2CCC(=O)NC2=O)C3)CC1. The lowest BCUT2D eigenvalue weighted by Gasteiger charge is -2.33. The zero-order valence-corrected chi connectivity index (χ0v) is 19.0. The Morgan fingerprint density at radius 2 is 1.79 bits per heavy atom. The highest BCUT2D eigenvalue weighted by molar-refractivity contribution is 6.05. The number of amides is 4. The number of nitrogens with zero attached hydrogens (tertiary/aromatic N) is 2. The van der Waals surface area contributed by atoms with Crippen molar-refractivity contribution in [3.05, 3.63) is 70.0 Å². The molecule has 2 aromatic rings. The van der Waals surface area contributed by atoms with E-state index < -0.39 is 17.8 Å². The fraction of sp³-hybridized carbons (Fsp3) is 0.385. The molecule has 7 nitrogen and oxygen atoms in total. The molecule has 1 unspecified atom stereocenters. The van der Waals surface area contributed by atoms with Gasteiger partial charge in [0.1, 0.15) is 11.9 Å². The molecule has 1 atom stereocenters. The van der Waals surface area contributed by atoms with Crippen LogP contribution >= 0.6 is 0 Å². The fourth-order valence-corrected chi connectivity index (χ4v) is 5.30. The summed E-state index contributed by atoms with van der Waals surface area (Å²) < 4.78 is 15.1. The van der Waals surface area contributed by atoms with Crippen LogP contribution in [0, 0.1) is 12.7 Å². The minimum absolute atomic E-state index is 0.00328. The van der Waals surface area contributed by atoms with Crippen molar-refractivity contribution >= 4 is 23.6 Å². The molecule has 5 rings (SSSR count). The molecule has 8 heteroatoms. The largest absolute Gasteiger partial charge is 0.339 e. The van der Waals surface area contributed by atoms with Gasteiger partial charge in [0.05, 0.1) is 0 Å². The Kier molecular flexibility index (Phi) is 5.67. The molecule has 34 heavy (non-hydrogen) atoms. The Labute approximate surface area is 196 Å². The van der Waals surface area contributed by atoms with Crippen molar-refractivity contribution in [1.29, 1.82) is 0 Å².